The van der Waals surface area contributed by atoms with Gasteiger partial charge < -0.3 is 16.4 Å². The zero-order valence-electron chi connectivity index (χ0n) is 11.6. The minimum atomic E-state index is -0.210. The molecule has 1 aliphatic rings. The number of ketones is 1. The normalized spacial score (nSPS) is 14.8. The standard InChI is InChI=1S/C15H17N5O/c16-7-10-8-20(9-10)13-5-1-4-12(19-13)14(21)11-3-2-6-18-15(11)17/h1-6,10H,7-9,16H2,(H2,17,18). The van der Waals surface area contributed by atoms with Crippen molar-refractivity contribution in [3.8, 4) is 0 Å². The van der Waals surface area contributed by atoms with Crippen LogP contribution >= 0.6 is 0 Å². The number of nitrogens with two attached hydrogens (primary N) is 2. The molecule has 1 aliphatic heterocycles. The average molecular weight is 283 g/mol. The summed E-state index contributed by atoms with van der Waals surface area (Å²) in [6.07, 6.45) is 1.56. The van der Waals surface area contributed by atoms with Crippen LogP contribution in [0.4, 0.5) is 11.6 Å². The second kappa shape index (κ2) is 5.49. The summed E-state index contributed by atoms with van der Waals surface area (Å²) in [6, 6.07) is 8.77. The van der Waals surface area contributed by atoms with Gasteiger partial charge >= 0.3 is 0 Å². The van der Waals surface area contributed by atoms with E-state index in [9.17, 15) is 4.79 Å². The number of anilines is 2. The Kier molecular flexibility index (Phi) is 3.53. The maximum atomic E-state index is 12.4. The molecule has 0 bridgehead atoms. The van der Waals surface area contributed by atoms with Gasteiger partial charge in [0.1, 0.15) is 17.3 Å². The first-order valence-electron chi connectivity index (χ1n) is 6.86. The van der Waals surface area contributed by atoms with Gasteiger partial charge in [0.25, 0.3) is 0 Å². The highest BCUT2D eigenvalue weighted by Gasteiger charge is 2.27. The van der Waals surface area contributed by atoms with Gasteiger partial charge in [-0.25, -0.2) is 9.97 Å². The molecule has 21 heavy (non-hydrogen) atoms. The van der Waals surface area contributed by atoms with Gasteiger partial charge in [0.15, 0.2) is 0 Å². The van der Waals surface area contributed by atoms with Gasteiger partial charge in [0.2, 0.25) is 5.78 Å². The van der Waals surface area contributed by atoms with Crippen LogP contribution in [0.5, 0.6) is 0 Å². The lowest BCUT2D eigenvalue weighted by molar-refractivity contribution is 0.103. The molecule has 0 amide bonds. The van der Waals surface area contributed by atoms with E-state index in [0.717, 1.165) is 18.9 Å². The second-order valence-electron chi connectivity index (χ2n) is 5.15. The molecule has 6 heteroatoms. The number of pyridine rings is 2. The Labute approximate surface area is 122 Å². The smallest absolute Gasteiger partial charge is 0.215 e. The molecule has 108 valence electrons. The van der Waals surface area contributed by atoms with E-state index in [1.54, 1.807) is 24.4 Å². The van der Waals surface area contributed by atoms with Crippen molar-refractivity contribution in [1.82, 2.24) is 9.97 Å². The highest BCUT2D eigenvalue weighted by molar-refractivity contribution is 6.10. The van der Waals surface area contributed by atoms with Gasteiger partial charge in [0.05, 0.1) is 5.56 Å². The Morgan fingerprint density at radius 3 is 2.81 bits per heavy atom. The minimum Gasteiger partial charge on any atom is -0.383 e. The van der Waals surface area contributed by atoms with Crippen LogP contribution < -0.4 is 16.4 Å². The number of carbonyl (C=O) groups excluding carboxylic acids is 1. The van der Waals surface area contributed by atoms with E-state index in [1.807, 2.05) is 12.1 Å². The summed E-state index contributed by atoms with van der Waals surface area (Å²) < 4.78 is 0. The molecular formula is C15H17N5O. The van der Waals surface area contributed by atoms with E-state index in [0.29, 0.717) is 23.7 Å². The molecule has 0 saturated carbocycles. The second-order valence-corrected chi connectivity index (χ2v) is 5.15. The van der Waals surface area contributed by atoms with Gasteiger partial charge in [-0.15, -0.1) is 0 Å². The fraction of sp³-hybridized carbons (Fsp3) is 0.267. The van der Waals surface area contributed by atoms with Gasteiger partial charge in [0, 0.05) is 25.2 Å². The summed E-state index contributed by atoms with van der Waals surface area (Å²) in [5.41, 5.74) is 12.1. The summed E-state index contributed by atoms with van der Waals surface area (Å²) in [5.74, 6) is 1.33. The molecule has 0 atom stereocenters. The number of hydrogen-bond acceptors (Lipinski definition) is 6. The first-order chi connectivity index (χ1) is 10.2. The highest BCUT2D eigenvalue weighted by atomic mass is 16.1. The van der Waals surface area contributed by atoms with E-state index < -0.39 is 0 Å². The molecule has 2 aromatic rings. The highest BCUT2D eigenvalue weighted by Crippen LogP contribution is 2.23. The van der Waals surface area contributed by atoms with Crippen molar-refractivity contribution in [2.45, 2.75) is 0 Å². The Balaban J connectivity index is 1.83. The number of hydrogen-bond donors (Lipinski definition) is 2. The van der Waals surface area contributed by atoms with Gasteiger partial charge in [-0.1, -0.05) is 6.07 Å². The van der Waals surface area contributed by atoms with Crippen LogP contribution in [0.25, 0.3) is 0 Å². The molecule has 4 N–H and O–H groups in total. The van der Waals surface area contributed by atoms with Crippen LogP contribution in [0.15, 0.2) is 36.5 Å². The molecule has 0 aliphatic carbocycles. The maximum Gasteiger partial charge on any atom is 0.215 e. The van der Waals surface area contributed by atoms with Gasteiger partial charge in [-0.05, 0) is 30.8 Å². The van der Waals surface area contributed by atoms with Crippen molar-refractivity contribution in [3.05, 3.63) is 47.8 Å². The number of nitrogens with zero attached hydrogens (tertiary/aromatic N) is 3. The van der Waals surface area contributed by atoms with Gasteiger partial charge in [-0.3, -0.25) is 4.79 Å². The summed E-state index contributed by atoms with van der Waals surface area (Å²) in [5, 5.41) is 0. The fourth-order valence-electron chi connectivity index (χ4n) is 2.38. The Hall–Kier alpha value is -2.47. The lowest BCUT2D eigenvalue weighted by Crippen LogP contribution is -2.50. The number of rotatable bonds is 4. The summed E-state index contributed by atoms with van der Waals surface area (Å²) in [6.45, 7) is 2.45. The van der Waals surface area contributed by atoms with Crippen LogP contribution in [-0.2, 0) is 0 Å². The third-order valence-corrected chi connectivity index (χ3v) is 3.66. The predicted octanol–water partition coefficient (Wildman–Crippen LogP) is 0.685. The Morgan fingerprint density at radius 2 is 2.10 bits per heavy atom. The quantitative estimate of drug-likeness (QED) is 0.801. The molecule has 1 saturated heterocycles. The van der Waals surface area contributed by atoms with Crippen molar-refractivity contribution in [3.63, 3.8) is 0 Å². The van der Waals surface area contributed by atoms with E-state index in [2.05, 4.69) is 14.9 Å². The van der Waals surface area contributed by atoms with Crippen LogP contribution in [0.3, 0.4) is 0 Å². The third kappa shape index (κ3) is 2.57. The van der Waals surface area contributed by atoms with E-state index in [-0.39, 0.29) is 11.6 Å². The minimum absolute atomic E-state index is 0.210. The van der Waals surface area contributed by atoms with E-state index in [4.69, 9.17) is 11.5 Å². The van der Waals surface area contributed by atoms with Crippen LogP contribution in [0.2, 0.25) is 0 Å². The fourth-order valence-corrected chi connectivity index (χ4v) is 2.38. The van der Waals surface area contributed by atoms with E-state index in [1.165, 1.54) is 0 Å². The molecular weight excluding hydrogens is 266 g/mol. The summed E-state index contributed by atoms with van der Waals surface area (Å²) in [7, 11) is 0. The van der Waals surface area contributed by atoms with Gasteiger partial charge in [-0.2, -0.15) is 0 Å². The summed E-state index contributed by atoms with van der Waals surface area (Å²) in [4.78, 5) is 22.9. The molecule has 0 aromatic carbocycles. The third-order valence-electron chi connectivity index (χ3n) is 3.66. The van der Waals surface area contributed by atoms with Crippen molar-refractivity contribution in [1.29, 1.82) is 0 Å². The molecule has 2 aromatic heterocycles. The number of nitrogen functional groups attached to an aromatic ring is 1. The van der Waals surface area contributed by atoms with Crippen LogP contribution in [0, 0.1) is 5.92 Å². The predicted molar refractivity (Wildman–Crippen MR) is 81.1 cm³/mol. The van der Waals surface area contributed by atoms with Crippen molar-refractivity contribution >= 4 is 17.4 Å². The molecule has 0 radical (unpaired) electrons. The zero-order valence-corrected chi connectivity index (χ0v) is 11.6. The molecule has 1 fully saturated rings. The lowest BCUT2D eigenvalue weighted by Gasteiger charge is -2.39. The Bertz CT molecular complexity index is 667. The molecule has 6 nitrogen and oxygen atoms in total. The van der Waals surface area contributed by atoms with Crippen molar-refractivity contribution < 1.29 is 4.79 Å². The zero-order chi connectivity index (χ0) is 14.8. The monoisotopic (exact) mass is 283 g/mol. The SMILES string of the molecule is NCC1CN(c2cccc(C(=O)c3cccnc3N)n2)C1. The lowest BCUT2D eigenvalue weighted by atomic mass is 10.0. The first-order valence-corrected chi connectivity index (χ1v) is 6.86. The van der Waals surface area contributed by atoms with Crippen molar-refractivity contribution in [2.24, 2.45) is 11.7 Å². The molecule has 0 spiro atoms. The molecule has 0 unspecified atom stereocenters. The Morgan fingerprint density at radius 1 is 1.29 bits per heavy atom. The largest absolute Gasteiger partial charge is 0.383 e. The van der Waals surface area contributed by atoms with Crippen molar-refractivity contribution in [2.75, 3.05) is 30.3 Å². The number of carbonyl (C=O) groups is 1. The first kappa shape index (κ1) is 13.5. The van der Waals surface area contributed by atoms with E-state index >= 15 is 0 Å². The summed E-state index contributed by atoms with van der Waals surface area (Å²) >= 11 is 0. The average Bonchev–Trinajstić information content (AvgIpc) is 2.46. The topological polar surface area (TPSA) is 98.1 Å². The van der Waals surface area contributed by atoms with Crippen LogP contribution in [-0.4, -0.2) is 35.4 Å². The number of aromatic nitrogens is 2. The van der Waals surface area contributed by atoms with Crippen LogP contribution in [0.1, 0.15) is 16.1 Å². The maximum absolute atomic E-state index is 12.4. The molecule has 3 rings (SSSR count). The molecule has 3 heterocycles.